The normalized spacial score (nSPS) is 20.4. The lowest BCUT2D eigenvalue weighted by molar-refractivity contribution is 1.22. The lowest BCUT2D eigenvalue weighted by atomic mass is 10.1. The summed E-state index contributed by atoms with van der Waals surface area (Å²) in [6, 6.07) is 0. The van der Waals surface area contributed by atoms with Crippen molar-refractivity contribution in [2.75, 3.05) is 6.54 Å². The van der Waals surface area contributed by atoms with Crippen LogP contribution in [0.5, 0.6) is 0 Å². The lowest BCUT2D eigenvalue weighted by Gasteiger charge is -2.04. The van der Waals surface area contributed by atoms with Gasteiger partial charge in [0, 0.05) is 0 Å². The number of hydrogen-bond acceptors (Lipinski definition) is 1. The monoisotopic (exact) mass is 143 g/mol. The number of rotatable bonds is 0. The Balaban J connectivity index is 2.44. The van der Waals surface area contributed by atoms with E-state index in [1.54, 1.807) is 0 Å². The largest absolute Gasteiger partial charge is 0.281 e. The van der Waals surface area contributed by atoms with E-state index in [2.05, 4.69) is 23.2 Å². The molecule has 0 aromatic carbocycles. The first-order chi connectivity index (χ1) is 5.47. The zero-order valence-corrected chi connectivity index (χ0v) is 6.20. The third-order valence-corrected chi connectivity index (χ3v) is 1.71. The van der Waals surface area contributed by atoms with Crippen LogP contribution in [0.15, 0.2) is 53.1 Å². The van der Waals surface area contributed by atoms with Crippen LogP contribution >= 0.6 is 0 Å². The second kappa shape index (κ2) is 2.70. The maximum atomic E-state index is 4.35. The Bertz CT molecular complexity index is 301. The van der Waals surface area contributed by atoms with Crippen LogP contribution in [0.4, 0.5) is 0 Å². The van der Waals surface area contributed by atoms with E-state index in [-0.39, 0.29) is 0 Å². The van der Waals surface area contributed by atoms with E-state index in [0.717, 1.165) is 12.3 Å². The minimum Gasteiger partial charge on any atom is -0.281 e. The molecule has 1 heteroatoms. The molecule has 0 saturated heterocycles. The van der Waals surface area contributed by atoms with Gasteiger partial charge in [-0.25, -0.2) is 0 Å². The summed E-state index contributed by atoms with van der Waals surface area (Å²) in [5.74, 6) is 0. The van der Waals surface area contributed by atoms with E-state index in [9.17, 15) is 0 Å². The second-order valence-corrected chi connectivity index (χ2v) is 2.49. The van der Waals surface area contributed by atoms with Crippen LogP contribution in [0.25, 0.3) is 0 Å². The molecule has 0 unspecified atom stereocenters. The average molecular weight is 143 g/mol. The van der Waals surface area contributed by atoms with Crippen molar-refractivity contribution in [1.29, 1.82) is 0 Å². The van der Waals surface area contributed by atoms with Crippen molar-refractivity contribution < 1.29 is 0 Å². The first-order valence-electron chi connectivity index (χ1n) is 3.73. The van der Waals surface area contributed by atoms with Crippen LogP contribution in [-0.4, -0.2) is 12.3 Å². The maximum absolute atomic E-state index is 4.35. The molecule has 0 fully saturated rings. The molecule has 11 heavy (non-hydrogen) atoms. The quantitative estimate of drug-likeness (QED) is 0.492. The first kappa shape index (κ1) is 6.35. The number of dihydropyridines is 1. The van der Waals surface area contributed by atoms with Gasteiger partial charge in [-0.2, -0.15) is 0 Å². The highest BCUT2D eigenvalue weighted by Crippen LogP contribution is 2.10. The third kappa shape index (κ3) is 1.22. The molecule has 0 bridgehead atoms. The molecule has 1 aliphatic carbocycles. The summed E-state index contributed by atoms with van der Waals surface area (Å²) in [5.41, 5.74) is 2.30. The van der Waals surface area contributed by atoms with Gasteiger partial charge < -0.3 is 0 Å². The highest BCUT2D eigenvalue weighted by Gasteiger charge is 2.02. The number of hydrogen-bond donors (Lipinski definition) is 0. The van der Waals surface area contributed by atoms with Crippen LogP contribution in [0.2, 0.25) is 0 Å². The minimum atomic E-state index is 0.816. The Labute approximate surface area is 66.1 Å². The summed E-state index contributed by atoms with van der Waals surface area (Å²) in [4.78, 5) is 4.35. The van der Waals surface area contributed by atoms with Gasteiger partial charge in [-0.1, -0.05) is 36.5 Å². The van der Waals surface area contributed by atoms with E-state index in [0.29, 0.717) is 0 Å². The van der Waals surface area contributed by atoms with Gasteiger partial charge >= 0.3 is 0 Å². The molecule has 2 rings (SSSR count). The number of fused-ring (bicyclic) bond motifs is 1. The molecule has 0 saturated carbocycles. The van der Waals surface area contributed by atoms with Crippen molar-refractivity contribution in [2.45, 2.75) is 0 Å². The van der Waals surface area contributed by atoms with Crippen molar-refractivity contribution in [1.82, 2.24) is 0 Å². The Kier molecular flexibility index (Phi) is 1.56. The van der Waals surface area contributed by atoms with Crippen molar-refractivity contribution in [3.8, 4) is 0 Å². The van der Waals surface area contributed by atoms with Gasteiger partial charge in [0.05, 0.1) is 12.3 Å². The second-order valence-electron chi connectivity index (χ2n) is 2.49. The predicted molar refractivity (Wildman–Crippen MR) is 47.8 cm³/mol. The lowest BCUT2D eigenvalue weighted by Crippen LogP contribution is -2.01. The maximum Gasteiger partial charge on any atom is 0.0650 e. The third-order valence-electron chi connectivity index (χ3n) is 1.71. The molecule has 1 nitrogen and oxygen atoms in total. The van der Waals surface area contributed by atoms with E-state index in [1.807, 2.05) is 24.3 Å². The fourth-order valence-electron chi connectivity index (χ4n) is 1.17. The van der Waals surface area contributed by atoms with Crippen LogP contribution < -0.4 is 0 Å². The number of aliphatic imine (C=N–C) groups is 1. The first-order valence-corrected chi connectivity index (χ1v) is 3.73. The fraction of sp³-hybridized carbons (Fsp3) is 0.100. The summed E-state index contributed by atoms with van der Waals surface area (Å²) in [6.07, 6.45) is 14.4. The molecular formula is C10H9N. The Morgan fingerprint density at radius 3 is 3.09 bits per heavy atom. The highest BCUT2D eigenvalue weighted by molar-refractivity contribution is 6.11. The number of nitrogens with zero attached hydrogens (tertiary/aromatic N) is 1. The van der Waals surface area contributed by atoms with Crippen LogP contribution in [0.3, 0.4) is 0 Å². The molecule has 0 N–H and O–H groups in total. The van der Waals surface area contributed by atoms with E-state index < -0.39 is 0 Å². The topological polar surface area (TPSA) is 12.4 Å². The summed E-state index contributed by atoms with van der Waals surface area (Å²) < 4.78 is 0. The molecule has 2 aliphatic rings. The van der Waals surface area contributed by atoms with Crippen LogP contribution in [0, 0.1) is 0 Å². The zero-order chi connectivity index (χ0) is 7.52. The van der Waals surface area contributed by atoms with Gasteiger partial charge in [-0.3, -0.25) is 4.99 Å². The molecule has 1 heterocycles. The summed E-state index contributed by atoms with van der Waals surface area (Å²) >= 11 is 0. The molecule has 54 valence electrons. The highest BCUT2D eigenvalue weighted by atomic mass is 14.7. The van der Waals surface area contributed by atoms with Gasteiger partial charge in [0.15, 0.2) is 0 Å². The van der Waals surface area contributed by atoms with Crippen molar-refractivity contribution in [2.24, 2.45) is 4.99 Å². The van der Waals surface area contributed by atoms with Gasteiger partial charge in [0.25, 0.3) is 0 Å². The van der Waals surface area contributed by atoms with E-state index >= 15 is 0 Å². The van der Waals surface area contributed by atoms with Crippen molar-refractivity contribution in [3.63, 3.8) is 0 Å². The SMILES string of the molecule is C1=CC=C2C=CCN=C2C=C1. The van der Waals surface area contributed by atoms with Gasteiger partial charge in [-0.05, 0) is 11.6 Å². The molecule has 0 amide bonds. The molecule has 0 atom stereocenters. The van der Waals surface area contributed by atoms with Crippen molar-refractivity contribution in [3.05, 3.63) is 48.1 Å². The van der Waals surface area contributed by atoms with Gasteiger partial charge in [0.1, 0.15) is 0 Å². The standard InChI is InChI=1S/C10H9N/c1-2-5-9-6-4-8-11-10(9)7-3-1/h1-7H,8H2. The molecule has 0 radical (unpaired) electrons. The Morgan fingerprint density at radius 2 is 2.09 bits per heavy atom. The Hall–Kier alpha value is -1.37. The average Bonchev–Trinajstić information content (AvgIpc) is 2.28. The summed E-state index contributed by atoms with van der Waals surface area (Å²) in [7, 11) is 0. The molecule has 1 aliphatic heterocycles. The molecule has 0 aromatic rings. The van der Waals surface area contributed by atoms with Gasteiger partial charge in [0.2, 0.25) is 0 Å². The minimum absolute atomic E-state index is 0.816. The van der Waals surface area contributed by atoms with E-state index in [1.165, 1.54) is 5.57 Å². The van der Waals surface area contributed by atoms with E-state index in [4.69, 9.17) is 0 Å². The molecular weight excluding hydrogens is 134 g/mol. The molecule has 0 spiro atoms. The Morgan fingerprint density at radius 1 is 1.09 bits per heavy atom. The fourth-order valence-corrected chi connectivity index (χ4v) is 1.17. The zero-order valence-electron chi connectivity index (χ0n) is 6.20. The van der Waals surface area contributed by atoms with Crippen LogP contribution in [0.1, 0.15) is 0 Å². The number of allylic oxidation sites excluding steroid dienone is 7. The summed E-state index contributed by atoms with van der Waals surface area (Å²) in [5, 5.41) is 0. The van der Waals surface area contributed by atoms with Crippen molar-refractivity contribution >= 4 is 5.71 Å². The van der Waals surface area contributed by atoms with Crippen LogP contribution in [-0.2, 0) is 0 Å². The predicted octanol–water partition coefficient (Wildman–Crippen LogP) is 2.05. The van der Waals surface area contributed by atoms with Gasteiger partial charge in [-0.15, -0.1) is 0 Å². The molecule has 0 aromatic heterocycles. The smallest absolute Gasteiger partial charge is 0.0650 e. The summed E-state index contributed by atoms with van der Waals surface area (Å²) in [6.45, 7) is 0.816.